The van der Waals surface area contributed by atoms with E-state index in [2.05, 4.69) is 20.9 Å². The second-order valence-corrected chi connectivity index (χ2v) is 5.57. The third-order valence-corrected chi connectivity index (χ3v) is 4.36. The van der Waals surface area contributed by atoms with E-state index < -0.39 is 0 Å². The third kappa shape index (κ3) is 2.35. The van der Waals surface area contributed by atoms with Crippen molar-refractivity contribution in [2.75, 3.05) is 0 Å². The summed E-state index contributed by atoms with van der Waals surface area (Å²) in [5.41, 5.74) is 1.96. The van der Waals surface area contributed by atoms with Crippen LogP contribution in [0.4, 0.5) is 0 Å². The summed E-state index contributed by atoms with van der Waals surface area (Å²) in [5, 5.41) is 1.37. The molecule has 98 valence electrons. The molecule has 0 radical (unpaired) electrons. The number of carbonyl (C=O) groups is 1. The predicted molar refractivity (Wildman–Crippen MR) is 84.3 cm³/mol. The Morgan fingerprint density at radius 3 is 2.80 bits per heavy atom. The summed E-state index contributed by atoms with van der Waals surface area (Å²) in [4.78, 5) is 16.8. The van der Waals surface area contributed by atoms with E-state index in [1.165, 1.54) is 0 Å². The van der Waals surface area contributed by atoms with E-state index >= 15 is 0 Å². The monoisotopic (exact) mass is 345 g/mol. The van der Waals surface area contributed by atoms with Crippen molar-refractivity contribution in [3.8, 4) is 0 Å². The smallest absolute Gasteiger partial charge is 0.194 e. The van der Waals surface area contributed by atoms with Crippen LogP contribution < -0.4 is 0 Å². The first kappa shape index (κ1) is 13.3. The van der Waals surface area contributed by atoms with Gasteiger partial charge < -0.3 is 0 Å². The van der Waals surface area contributed by atoms with Crippen molar-refractivity contribution in [1.82, 2.24) is 4.98 Å². The van der Waals surface area contributed by atoms with Gasteiger partial charge in [0.25, 0.3) is 0 Å². The summed E-state index contributed by atoms with van der Waals surface area (Å²) in [6.07, 6.45) is 1.73. The summed E-state index contributed by atoms with van der Waals surface area (Å²) < 4.78 is 0.715. The van der Waals surface area contributed by atoms with E-state index in [4.69, 9.17) is 11.6 Å². The number of hydrogen-bond acceptors (Lipinski definition) is 2. The molecule has 0 fully saturated rings. The molecule has 3 rings (SSSR count). The molecule has 2 aromatic carbocycles. The highest BCUT2D eigenvalue weighted by atomic mass is 79.9. The molecule has 1 heterocycles. The zero-order valence-electron chi connectivity index (χ0n) is 10.3. The maximum absolute atomic E-state index is 12.5. The van der Waals surface area contributed by atoms with Gasteiger partial charge in [0.15, 0.2) is 5.78 Å². The van der Waals surface area contributed by atoms with Crippen LogP contribution in [-0.4, -0.2) is 10.8 Å². The molecule has 2 nitrogen and oxygen atoms in total. The van der Waals surface area contributed by atoms with Crippen molar-refractivity contribution < 1.29 is 4.79 Å². The van der Waals surface area contributed by atoms with Crippen LogP contribution in [-0.2, 0) is 0 Å². The van der Waals surface area contributed by atoms with Crippen LogP contribution in [0.3, 0.4) is 0 Å². The molecule has 0 amide bonds. The normalized spacial score (nSPS) is 10.7. The van der Waals surface area contributed by atoms with Gasteiger partial charge in [0.1, 0.15) is 0 Å². The molecule has 0 aliphatic carbocycles. The maximum Gasteiger partial charge on any atom is 0.194 e. The van der Waals surface area contributed by atoms with Gasteiger partial charge in [0, 0.05) is 27.2 Å². The minimum absolute atomic E-state index is 0.0953. The number of hydrogen-bond donors (Lipinski definition) is 0. The molecule has 20 heavy (non-hydrogen) atoms. The average Bonchev–Trinajstić information content (AvgIpc) is 2.49. The Labute approximate surface area is 129 Å². The van der Waals surface area contributed by atoms with Gasteiger partial charge in [-0.05, 0) is 52.3 Å². The maximum atomic E-state index is 12.5. The average molecular weight is 347 g/mol. The van der Waals surface area contributed by atoms with Crippen LogP contribution >= 0.6 is 27.5 Å². The summed E-state index contributed by atoms with van der Waals surface area (Å²) in [6, 6.07) is 14.6. The number of aromatic nitrogens is 1. The van der Waals surface area contributed by atoms with Crippen LogP contribution in [0.2, 0.25) is 5.02 Å². The molecule has 0 N–H and O–H groups in total. The Morgan fingerprint density at radius 1 is 1.10 bits per heavy atom. The highest BCUT2D eigenvalue weighted by Crippen LogP contribution is 2.28. The highest BCUT2D eigenvalue weighted by molar-refractivity contribution is 9.10. The fourth-order valence-electron chi connectivity index (χ4n) is 2.05. The lowest BCUT2D eigenvalue weighted by Crippen LogP contribution is -2.02. The lowest BCUT2D eigenvalue weighted by atomic mass is 10.0. The zero-order valence-corrected chi connectivity index (χ0v) is 12.6. The molecule has 0 saturated carbocycles. The topological polar surface area (TPSA) is 30.0 Å². The fourth-order valence-corrected chi connectivity index (χ4v) is 2.63. The number of halogens is 2. The number of carbonyl (C=O) groups excluding carboxylic acids is 1. The van der Waals surface area contributed by atoms with Crippen molar-refractivity contribution in [3.05, 3.63) is 75.4 Å². The van der Waals surface area contributed by atoms with Gasteiger partial charge in [-0.2, -0.15) is 0 Å². The summed E-state index contributed by atoms with van der Waals surface area (Å²) in [6.45, 7) is 0. The van der Waals surface area contributed by atoms with Crippen LogP contribution in [0.15, 0.2) is 59.2 Å². The molecule has 0 atom stereocenters. The van der Waals surface area contributed by atoms with Crippen molar-refractivity contribution in [1.29, 1.82) is 0 Å². The van der Waals surface area contributed by atoms with E-state index in [0.717, 1.165) is 10.9 Å². The van der Waals surface area contributed by atoms with Crippen LogP contribution in [0.5, 0.6) is 0 Å². The number of benzene rings is 2. The van der Waals surface area contributed by atoms with Crippen LogP contribution in [0, 0.1) is 0 Å². The lowest BCUT2D eigenvalue weighted by Gasteiger charge is -2.06. The Bertz CT molecular complexity index is 816. The summed E-state index contributed by atoms with van der Waals surface area (Å²) >= 11 is 9.51. The summed E-state index contributed by atoms with van der Waals surface area (Å²) in [7, 11) is 0. The van der Waals surface area contributed by atoms with Gasteiger partial charge in [0.05, 0.1) is 10.5 Å². The van der Waals surface area contributed by atoms with E-state index in [9.17, 15) is 4.79 Å². The van der Waals surface area contributed by atoms with Gasteiger partial charge in [-0.25, -0.2) is 0 Å². The number of rotatable bonds is 2. The van der Waals surface area contributed by atoms with Crippen molar-refractivity contribution in [2.45, 2.75) is 0 Å². The molecule has 4 heteroatoms. The standard InChI is InChI=1S/C16H9BrClNO/c17-13-5-1-4-12(15(13)18)16(20)11-6-7-14-10(9-11)3-2-8-19-14/h1-9H. The first-order chi connectivity index (χ1) is 9.66. The van der Waals surface area contributed by atoms with E-state index in [-0.39, 0.29) is 5.78 Å². The molecule has 0 spiro atoms. The molecule has 0 unspecified atom stereocenters. The molecule has 0 saturated heterocycles. The van der Waals surface area contributed by atoms with Gasteiger partial charge in [-0.1, -0.05) is 23.7 Å². The van der Waals surface area contributed by atoms with Crippen LogP contribution in [0.1, 0.15) is 15.9 Å². The Kier molecular flexibility index (Phi) is 3.55. The molecule has 1 aromatic heterocycles. The van der Waals surface area contributed by atoms with Gasteiger partial charge in [0.2, 0.25) is 0 Å². The molecule has 0 bridgehead atoms. The Hall–Kier alpha value is -1.71. The third-order valence-electron chi connectivity index (χ3n) is 3.06. The van der Waals surface area contributed by atoms with Gasteiger partial charge >= 0.3 is 0 Å². The first-order valence-electron chi connectivity index (χ1n) is 6.00. The predicted octanol–water partition coefficient (Wildman–Crippen LogP) is 4.88. The number of nitrogens with zero attached hydrogens (tertiary/aromatic N) is 1. The van der Waals surface area contributed by atoms with Crippen molar-refractivity contribution >= 4 is 44.2 Å². The minimum Gasteiger partial charge on any atom is -0.289 e. The van der Waals surface area contributed by atoms with Gasteiger partial charge in [-0.3, -0.25) is 9.78 Å². The Morgan fingerprint density at radius 2 is 1.95 bits per heavy atom. The quantitative estimate of drug-likeness (QED) is 0.619. The molecular formula is C16H9BrClNO. The van der Waals surface area contributed by atoms with E-state index in [0.29, 0.717) is 20.6 Å². The highest BCUT2D eigenvalue weighted by Gasteiger charge is 2.14. The molecule has 0 aliphatic rings. The number of fused-ring (bicyclic) bond motifs is 1. The molecule has 3 aromatic rings. The van der Waals surface area contributed by atoms with E-state index in [1.54, 1.807) is 24.4 Å². The second-order valence-electron chi connectivity index (χ2n) is 4.34. The lowest BCUT2D eigenvalue weighted by molar-refractivity contribution is 0.103. The second kappa shape index (κ2) is 5.35. The first-order valence-corrected chi connectivity index (χ1v) is 7.17. The van der Waals surface area contributed by atoms with Crippen molar-refractivity contribution in [2.24, 2.45) is 0 Å². The number of ketones is 1. The number of pyridine rings is 1. The molecule has 0 aliphatic heterocycles. The minimum atomic E-state index is -0.0953. The van der Waals surface area contributed by atoms with Gasteiger partial charge in [-0.15, -0.1) is 0 Å². The van der Waals surface area contributed by atoms with Crippen LogP contribution in [0.25, 0.3) is 10.9 Å². The molecular weight excluding hydrogens is 338 g/mol. The Balaban J connectivity index is 2.10. The summed E-state index contributed by atoms with van der Waals surface area (Å²) in [5.74, 6) is -0.0953. The van der Waals surface area contributed by atoms with Crippen molar-refractivity contribution in [3.63, 3.8) is 0 Å². The van der Waals surface area contributed by atoms with E-state index in [1.807, 2.05) is 30.3 Å². The SMILES string of the molecule is O=C(c1ccc2ncccc2c1)c1cccc(Br)c1Cl. The zero-order chi connectivity index (χ0) is 14.1. The largest absolute Gasteiger partial charge is 0.289 e. The fraction of sp³-hybridized carbons (Fsp3) is 0.